The van der Waals surface area contributed by atoms with Gasteiger partial charge < -0.3 is 0 Å². The molecule has 0 N–H and O–H groups in total. The normalized spacial score (nSPS) is 10.7. The van der Waals surface area contributed by atoms with Gasteiger partial charge in [-0.1, -0.05) is 30.0 Å². The summed E-state index contributed by atoms with van der Waals surface area (Å²) in [6.07, 6.45) is 3.61. The maximum absolute atomic E-state index is 4.71. The molecule has 0 atom stereocenters. The molecule has 2 aromatic heterocycles. The van der Waals surface area contributed by atoms with Crippen molar-refractivity contribution in [1.82, 2.24) is 9.97 Å². The summed E-state index contributed by atoms with van der Waals surface area (Å²) in [7, 11) is 0. The SMILES string of the molecule is Cc1cc2ccccc2nc1Sc1ccncc1. The highest BCUT2D eigenvalue weighted by molar-refractivity contribution is 7.99. The summed E-state index contributed by atoms with van der Waals surface area (Å²) < 4.78 is 0. The summed E-state index contributed by atoms with van der Waals surface area (Å²) in [6, 6.07) is 14.4. The third kappa shape index (κ3) is 2.22. The monoisotopic (exact) mass is 252 g/mol. The number of hydrogen-bond donors (Lipinski definition) is 0. The van der Waals surface area contributed by atoms with E-state index in [1.54, 1.807) is 24.2 Å². The average molecular weight is 252 g/mol. The van der Waals surface area contributed by atoms with Crippen LogP contribution in [0.15, 0.2) is 64.8 Å². The third-order valence-corrected chi connectivity index (χ3v) is 3.85. The van der Waals surface area contributed by atoms with Crippen molar-refractivity contribution in [2.24, 2.45) is 0 Å². The van der Waals surface area contributed by atoms with Crippen LogP contribution < -0.4 is 0 Å². The first-order valence-electron chi connectivity index (χ1n) is 5.77. The molecule has 2 nitrogen and oxygen atoms in total. The van der Waals surface area contributed by atoms with Crippen molar-refractivity contribution >= 4 is 22.7 Å². The molecule has 1 aromatic carbocycles. The van der Waals surface area contributed by atoms with Crippen LogP contribution in [-0.4, -0.2) is 9.97 Å². The maximum Gasteiger partial charge on any atom is 0.104 e. The number of aryl methyl sites for hydroxylation is 1. The van der Waals surface area contributed by atoms with E-state index in [2.05, 4.69) is 24.0 Å². The smallest absolute Gasteiger partial charge is 0.104 e. The topological polar surface area (TPSA) is 25.8 Å². The quantitative estimate of drug-likeness (QED) is 0.687. The molecule has 0 radical (unpaired) electrons. The van der Waals surface area contributed by atoms with Crippen LogP contribution >= 0.6 is 11.8 Å². The van der Waals surface area contributed by atoms with E-state index in [1.807, 2.05) is 30.3 Å². The molecule has 0 fully saturated rings. The zero-order valence-corrected chi connectivity index (χ0v) is 10.8. The van der Waals surface area contributed by atoms with Crippen LogP contribution in [0.4, 0.5) is 0 Å². The zero-order valence-electron chi connectivity index (χ0n) is 10.00. The molecular weight excluding hydrogens is 240 g/mol. The molecule has 3 rings (SSSR count). The summed E-state index contributed by atoms with van der Waals surface area (Å²) in [5.41, 5.74) is 2.25. The molecule has 2 heterocycles. The Morgan fingerprint density at radius 3 is 2.61 bits per heavy atom. The van der Waals surface area contributed by atoms with Crippen molar-refractivity contribution in [2.75, 3.05) is 0 Å². The average Bonchev–Trinajstić information content (AvgIpc) is 2.41. The first-order valence-corrected chi connectivity index (χ1v) is 6.59. The van der Waals surface area contributed by atoms with E-state index in [0.717, 1.165) is 15.4 Å². The summed E-state index contributed by atoms with van der Waals surface area (Å²) in [4.78, 5) is 9.90. The molecule has 0 saturated carbocycles. The molecule has 0 aliphatic carbocycles. The van der Waals surface area contributed by atoms with Gasteiger partial charge >= 0.3 is 0 Å². The van der Waals surface area contributed by atoms with Crippen LogP contribution in [0.25, 0.3) is 10.9 Å². The van der Waals surface area contributed by atoms with Gasteiger partial charge in [0.05, 0.1) is 5.52 Å². The minimum atomic E-state index is 1.04. The van der Waals surface area contributed by atoms with E-state index in [9.17, 15) is 0 Å². The number of aromatic nitrogens is 2. The van der Waals surface area contributed by atoms with E-state index in [0.29, 0.717) is 0 Å². The van der Waals surface area contributed by atoms with Gasteiger partial charge in [-0.15, -0.1) is 0 Å². The van der Waals surface area contributed by atoms with Crippen LogP contribution in [0.3, 0.4) is 0 Å². The summed E-state index contributed by atoms with van der Waals surface area (Å²) in [6.45, 7) is 2.10. The molecule has 0 spiro atoms. The lowest BCUT2D eigenvalue weighted by atomic mass is 10.2. The molecule has 0 amide bonds. The van der Waals surface area contributed by atoms with Crippen LogP contribution in [0, 0.1) is 6.92 Å². The summed E-state index contributed by atoms with van der Waals surface area (Å²) >= 11 is 1.68. The number of para-hydroxylation sites is 1. The van der Waals surface area contributed by atoms with Gasteiger partial charge in [0.2, 0.25) is 0 Å². The van der Waals surface area contributed by atoms with Gasteiger partial charge in [-0.05, 0) is 36.8 Å². The van der Waals surface area contributed by atoms with Gasteiger partial charge in [-0.25, -0.2) is 4.98 Å². The Hall–Kier alpha value is -1.87. The molecule has 0 unspecified atom stereocenters. The van der Waals surface area contributed by atoms with Crippen molar-refractivity contribution in [3.05, 3.63) is 60.4 Å². The first-order chi connectivity index (χ1) is 8.83. The van der Waals surface area contributed by atoms with Crippen molar-refractivity contribution in [3.8, 4) is 0 Å². The van der Waals surface area contributed by atoms with E-state index < -0.39 is 0 Å². The molecule has 3 aromatic rings. The molecule has 3 heteroatoms. The molecule has 0 saturated heterocycles. The van der Waals surface area contributed by atoms with Crippen molar-refractivity contribution in [2.45, 2.75) is 16.8 Å². The van der Waals surface area contributed by atoms with E-state index in [1.165, 1.54) is 10.9 Å². The number of hydrogen-bond acceptors (Lipinski definition) is 3. The number of nitrogens with zero attached hydrogens (tertiary/aromatic N) is 2. The van der Waals surface area contributed by atoms with Crippen LogP contribution in [0.5, 0.6) is 0 Å². The summed E-state index contributed by atoms with van der Waals surface area (Å²) in [5, 5.41) is 2.24. The lowest BCUT2D eigenvalue weighted by Gasteiger charge is -2.06. The van der Waals surface area contributed by atoms with Crippen LogP contribution in [0.1, 0.15) is 5.56 Å². The predicted octanol–water partition coefficient (Wildman–Crippen LogP) is 4.09. The lowest BCUT2D eigenvalue weighted by Crippen LogP contribution is -1.87. The lowest BCUT2D eigenvalue weighted by molar-refractivity contribution is 1.12. The molecule has 0 aliphatic rings. The Balaban J connectivity index is 2.04. The second-order valence-electron chi connectivity index (χ2n) is 4.09. The second-order valence-corrected chi connectivity index (χ2v) is 5.15. The third-order valence-electron chi connectivity index (χ3n) is 2.73. The van der Waals surface area contributed by atoms with E-state index in [-0.39, 0.29) is 0 Å². The fraction of sp³-hybridized carbons (Fsp3) is 0.0667. The Morgan fingerprint density at radius 2 is 1.78 bits per heavy atom. The molecule has 0 aliphatic heterocycles. The highest BCUT2D eigenvalue weighted by atomic mass is 32.2. The van der Waals surface area contributed by atoms with Gasteiger partial charge in [0, 0.05) is 22.7 Å². The minimum Gasteiger partial charge on any atom is -0.265 e. The fourth-order valence-corrected chi connectivity index (χ4v) is 2.67. The Labute approximate surface area is 110 Å². The molecule has 18 heavy (non-hydrogen) atoms. The van der Waals surface area contributed by atoms with E-state index >= 15 is 0 Å². The number of pyridine rings is 2. The van der Waals surface area contributed by atoms with Crippen molar-refractivity contribution < 1.29 is 0 Å². The minimum absolute atomic E-state index is 1.04. The Morgan fingerprint density at radius 1 is 1.00 bits per heavy atom. The highest BCUT2D eigenvalue weighted by Gasteiger charge is 2.05. The van der Waals surface area contributed by atoms with Gasteiger partial charge in [-0.3, -0.25) is 4.98 Å². The van der Waals surface area contributed by atoms with Gasteiger partial charge in [0.25, 0.3) is 0 Å². The highest BCUT2D eigenvalue weighted by Crippen LogP contribution is 2.29. The van der Waals surface area contributed by atoms with Gasteiger partial charge in [0.15, 0.2) is 0 Å². The zero-order chi connectivity index (χ0) is 12.4. The van der Waals surface area contributed by atoms with Crippen LogP contribution in [0.2, 0.25) is 0 Å². The van der Waals surface area contributed by atoms with Crippen molar-refractivity contribution in [3.63, 3.8) is 0 Å². The largest absolute Gasteiger partial charge is 0.265 e. The Kier molecular flexibility index (Phi) is 2.99. The first kappa shape index (κ1) is 11.2. The van der Waals surface area contributed by atoms with Gasteiger partial charge in [-0.2, -0.15) is 0 Å². The Bertz CT molecular complexity index is 680. The fourth-order valence-electron chi connectivity index (χ4n) is 1.83. The standard InChI is InChI=1S/C15H12N2S/c1-11-10-12-4-2-3-5-14(12)17-15(11)18-13-6-8-16-9-7-13/h2-10H,1H3. The number of fused-ring (bicyclic) bond motifs is 1. The molecule has 0 bridgehead atoms. The molecular formula is C15H12N2S. The number of rotatable bonds is 2. The second kappa shape index (κ2) is 4.78. The molecule has 88 valence electrons. The van der Waals surface area contributed by atoms with E-state index in [4.69, 9.17) is 4.98 Å². The maximum atomic E-state index is 4.71. The van der Waals surface area contributed by atoms with Crippen LogP contribution in [-0.2, 0) is 0 Å². The summed E-state index contributed by atoms with van der Waals surface area (Å²) in [5.74, 6) is 0. The van der Waals surface area contributed by atoms with Gasteiger partial charge in [0.1, 0.15) is 5.03 Å². The number of benzene rings is 1. The van der Waals surface area contributed by atoms with Crippen molar-refractivity contribution in [1.29, 1.82) is 0 Å². The predicted molar refractivity (Wildman–Crippen MR) is 74.8 cm³/mol.